The van der Waals surface area contributed by atoms with Crippen molar-refractivity contribution in [3.05, 3.63) is 146 Å². The van der Waals surface area contributed by atoms with Crippen molar-refractivity contribution in [1.29, 1.82) is 0 Å². The quantitative estimate of drug-likeness (QED) is 0.178. The van der Waals surface area contributed by atoms with Crippen LogP contribution in [0.2, 0.25) is 0 Å². The largest absolute Gasteiger partial charge is 0.309 e. The molecule has 4 heteroatoms. The van der Waals surface area contributed by atoms with E-state index in [2.05, 4.69) is 126 Å². The normalized spacial score (nSPS) is 11.2. The van der Waals surface area contributed by atoms with Crippen LogP contribution in [0.3, 0.4) is 0 Å². The maximum atomic E-state index is 5.13. The Morgan fingerprint density at radius 2 is 1.30 bits per heavy atom. The second kappa shape index (κ2) is 11.2. The number of hydrogen-bond acceptors (Lipinski definition) is 3. The van der Waals surface area contributed by atoms with Crippen LogP contribution in [0.1, 0.15) is 11.1 Å². The minimum atomic E-state index is 0.917. The SMILES string of the molecule is C=Cc1c(-c2ccccc2SC)cc2c(c1C=C)c1cnccc1n2-c1cc(-c2ccccc2)nc(-c2ccccc2)c1. The first-order valence-corrected chi connectivity index (χ1v) is 15.4. The smallest absolute Gasteiger partial charge is 0.0730 e. The standard InChI is InChI=1S/C39H29N3S/c1-4-29-30(5-2)39-33-25-40-21-20-36(33)42(37(39)24-32(29)31-18-12-13-19-38(31)43-3)28-22-34(26-14-8-6-9-15-26)41-35(23-28)27-16-10-7-11-17-27/h4-25H,1-2H2,3H3. The van der Waals surface area contributed by atoms with E-state index in [1.54, 1.807) is 11.8 Å². The van der Waals surface area contributed by atoms with Crippen molar-refractivity contribution in [3.8, 4) is 39.3 Å². The topological polar surface area (TPSA) is 30.7 Å². The van der Waals surface area contributed by atoms with Crippen LogP contribution in [0.4, 0.5) is 0 Å². The zero-order valence-electron chi connectivity index (χ0n) is 23.9. The van der Waals surface area contributed by atoms with E-state index in [0.717, 1.165) is 66.7 Å². The van der Waals surface area contributed by atoms with Gasteiger partial charge in [0.1, 0.15) is 0 Å². The molecule has 3 heterocycles. The van der Waals surface area contributed by atoms with E-state index >= 15 is 0 Å². The third-order valence-electron chi connectivity index (χ3n) is 7.95. The number of rotatable bonds is 7. The lowest BCUT2D eigenvalue weighted by atomic mass is 9.92. The zero-order valence-corrected chi connectivity index (χ0v) is 24.7. The number of nitrogens with zero attached hydrogens (tertiary/aromatic N) is 3. The Bertz CT molecular complexity index is 2090. The van der Waals surface area contributed by atoms with Crippen molar-refractivity contribution < 1.29 is 0 Å². The third kappa shape index (κ3) is 4.57. The average molecular weight is 572 g/mol. The molecule has 0 aliphatic heterocycles. The minimum absolute atomic E-state index is 0.917. The van der Waals surface area contributed by atoms with E-state index in [0.29, 0.717) is 0 Å². The van der Waals surface area contributed by atoms with Gasteiger partial charge in [0.05, 0.1) is 28.1 Å². The predicted octanol–water partition coefficient (Wildman–Crippen LogP) is 10.6. The molecule has 0 aliphatic carbocycles. The van der Waals surface area contributed by atoms with Gasteiger partial charge < -0.3 is 4.57 Å². The van der Waals surface area contributed by atoms with Crippen LogP contribution in [-0.2, 0) is 0 Å². The fourth-order valence-corrected chi connectivity index (χ4v) is 6.64. The van der Waals surface area contributed by atoms with Crippen LogP contribution in [0.25, 0.3) is 73.3 Å². The second-order valence-corrected chi connectivity index (χ2v) is 11.2. The van der Waals surface area contributed by atoms with Gasteiger partial charge in [-0.25, -0.2) is 4.98 Å². The highest BCUT2D eigenvalue weighted by Crippen LogP contribution is 2.43. The Morgan fingerprint density at radius 1 is 0.674 bits per heavy atom. The van der Waals surface area contributed by atoms with Gasteiger partial charge in [-0.15, -0.1) is 11.8 Å². The maximum absolute atomic E-state index is 5.13. The molecule has 3 nitrogen and oxygen atoms in total. The van der Waals surface area contributed by atoms with Crippen molar-refractivity contribution in [2.24, 2.45) is 0 Å². The molecule has 0 unspecified atom stereocenters. The van der Waals surface area contributed by atoms with E-state index in [1.807, 2.05) is 36.7 Å². The van der Waals surface area contributed by atoms with E-state index < -0.39 is 0 Å². The summed E-state index contributed by atoms with van der Waals surface area (Å²) in [6.07, 6.45) is 9.85. The van der Waals surface area contributed by atoms with E-state index in [1.165, 1.54) is 10.5 Å². The molecule has 43 heavy (non-hydrogen) atoms. The molecule has 7 rings (SSSR count). The lowest BCUT2D eigenvalue weighted by molar-refractivity contribution is 1.15. The summed E-state index contributed by atoms with van der Waals surface area (Å²) in [6.45, 7) is 8.51. The van der Waals surface area contributed by atoms with Gasteiger partial charge >= 0.3 is 0 Å². The van der Waals surface area contributed by atoms with Crippen LogP contribution in [-0.4, -0.2) is 20.8 Å². The molecule has 0 atom stereocenters. The first-order chi connectivity index (χ1) is 21.2. The summed E-state index contributed by atoms with van der Waals surface area (Å²) < 4.78 is 2.35. The molecular weight excluding hydrogens is 543 g/mol. The molecule has 0 aliphatic rings. The highest BCUT2D eigenvalue weighted by atomic mass is 32.2. The number of thioether (sulfide) groups is 1. The number of hydrogen-bond donors (Lipinski definition) is 0. The molecule has 0 saturated heterocycles. The summed E-state index contributed by atoms with van der Waals surface area (Å²) in [7, 11) is 0. The molecule has 4 aromatic carbocycles. The lowest BCUT2D eigenvalue weighted by Crippen LogP contribution is -1.99. The molecule has 0 bridgehead atoms. The van der Waals surface area contributed by atoms with Crippen LogP contribution >= 0.6 is 11.8 Å². The Hall–Kier alpha value is -5.19. The Balaban J connectivity index is 1.63. The number of pyridine rings is 2. The minimum Gasteiger partial charge on any atom is -0.309 e. The summed E-state index contributed by atoms with van der Waals surface area (Å²) in [5.41, 5.74) is 11.6. The predicted molar refractivity (Wildman–Crippen MR) is 185 cm³/mol. The lowest BCUT2D eigenvalue weighted by Gasteiger charge is -2.17. The van der Waals surface area contributed by atoms with Crippen LogP contribution in [0.15, 0.2) is 140 Å². The highest BCUT2D eigenvalue weighted by Gasteiger charge is 2.21. The summed E-state index contributed by atoms with van der Waals surface area (Å²) >= 11 is 1.75. The number of aromatic nitrogens is 3. The van der Waals surface area contributed by atoms with Crippen molar-refractivity contribution >= 4 is 45.7 Å². The maximum Gasteiger partial charge on any atom is 0.0730 e. The molecule has 0 saturated carbocycles. The van der Waals surface area contributed by atoms with Gasteiger partial charge in [-0.3, -0.25) is 4.98 Å². The van der Waals surface area contributed by atoms with Crippen LogP contribution < -0.4 is 0 Å². The van der Waals surface area contributed by atoms with Crippen molar-refractivity contribution in [3.63, 3.8) is 0 Å². The van der Waals surface area contributed by atoms with E-state index in [-0.39, 0.29) is 0 Å². The van der Waals surface area contributed by atoms with E-state index in [4.69, 9.17) is 4.98 Å². The monoisotopic (exact) mass is 571 g/mol. The zero-order chi connectivity index (χ0) is 29.3. The molecule has 0 radical (unpaired) electrons. The van der Waals surface area contributed by atoms with Gasteiger partial charge in [-0.05, 0) is 58.8 Å². The Labute approximate surface area is 255 Å². The molecule has 0 amide bonds. The van der Waals surface area contributed by atoms with Crippen LogP contribution in [0.5, 0.6) is 0 Å². The van der Waals surface area contributed by atoms with Crippen molar-refractivity contribution in [1.82, 2.24) is 14.5 Å². The fourth-order valence-electron chi connectivity index (χ4n) is 6.03. The van der Waals surface area contributed by atoms with Gasteiger partial charge in [0.25, 0.3) is 0 Å². The summed E-state index contributed by atoms with van der Waals surface area (Å²) in [5, 5.41) is 2.18. The summed E-state index contributed by atoms with van der Waals surface area (Å²) in [4.78, 5) is 10.9. The fraction of sp³-hybridized carbons (Fsp3) is 0.0256. The van der Waals surface area contributed by atoms with Gasteiger partial charge in [-0.1, -0.05) is 104 Å². The van der Waals surface area contributed by atoms with Gasteiger partial charge in [0.15, 0.2) is 0 Å². The van der Waals surface area contributed by atoms with Gasteiger partial charge in [0, 0.05) is 39.2 Å². The number of fused-ring (bicyclic) bond motifs is 3. The van der Waals surface area contributed by atoms with E-state index in [9.17, 15) is 0 Å². The Morgan fingerprint density at radius 3 is 1.93 bits per heavy atom. The summed E-state index contributed by atoms with van der Waals surface area (Å²) in [6, 6.07) is 38.1. The third-order valence-corrected chi connectivity index (χ3v) is 8.74. The summed E-state index contributed by atoms with van der Waals surface area (Å²) in [5.74, 6) is 0. The van der Waals surface area contributed by atoms with Crippen molar-refractivity contribution in [2.75, 3.05) is 6.26 Å². The molecular formula is C39H29N3S. The first-order valence-electron chi connectivity index (χ1n) is 14.2. The van der Waals surface area contributed by atoms with Gasteiger partial charge in [-0.2, -0.15) is 0 Å². The Kier molecular flexibility index (Phi) is 6.98. The molecule has 7 aromatic rings. The molecule has 0 N–H and O–H groups in total. The highest BCUT2D eigenvalue weighted by molar-refractivity contribution is 7.98. The first kappa shape index (κ1) is 26.7. The van der Waals surface area contributed by atoms with Crippen LogP contribution in [0, 0.1) is 0 Å². The average Bonchev–Trinajstić information content (AvgIpc) is 3.42. The molecule has 3 aromatic heterocycles. The second-order valence-electron chi connectivity index (χ2n) is 10.3. The molecule has 0 fully saturated rings. The number of benzene rings is 4. The van der Waals surface area contributed by atoms with Crippen molar-refractivity contribution in [2.45, 2.75) is 4.90 Å². The molecule has 0 spiro atoms. The van der Waals surface area contributed by atoms with Gasteiger partial charge in [0.2, 0.25) is 0 Å². The molecule has 206 valence electrons.